The van der Waals surface area contributed by atoms with Crippen molar-refractivity contribution in [2.75, 3.05) is 0 Å². The zero-order chi connectivity index (χ0) is 15.0. The minimum Gasteiger partial charge on any atom is -0.106 e. The van der Waals surface area contributed by atoms with Gasteiger partial charge in [-0.2, -0.15) is 0 Å². The normalized spacial score (nSPS) is 7.44. The van der Waals surface area contributed by atoms with Gasteiger partial charge in [-0.1, -0.05) is 71.9 Å². The summed E-state index contributed by atoms with van der Waals surface area (Å²) in [5.74, 6) is 0. The Morgan fingerprint density at radius 1 is 1.06 bits per heavy atom. The summed E-state index contributed by atoms with van der Waals surface area (Å²) in [6.45, 7) is 22.3. The maximum Gasteiger partial charge on any atom is -0.0260 e. The Kier molecular flexibility index (Phi) is 22.0. The van der Waals surface area contributed by atoms with Crippen LogP contribution in [0.4, 0.5) is 0 Å². The summed E-state index contributed by atoms with van der Waals surface area (Å²) in [5.41, 5.74) is 4.00. The fraction of sp³-hybridized carbons (Fsp3) is 0.444. The van der Waals surface area contributed by atoms with E-state index in [1.54, 1.807) is 0 Å². The highest BCUT2D eigenvalue weighted by Crippen LogP contribution is 2.11. The van der Waals surface area contributed by atoms with Crippen LogP contribution in [-0.2, 0) is 6.42 Å². The predicted octanol–water partition coefficient (Wildman–Crippen LogP) is 6.45. The molecule has 0 atom stereocenters. The summed E-state index contributed by atoms with van der Waals surface area (Å²) in [6.07, 6.45) is 4.25. The third-order valence-corrected chi connectivity index (χ3v) is 1.98. The van der Waals surface area contributed by atoms with Crippen molar-refractivity contribution in [3.8, 4) is 0 Å². The van der Waals surface area contributed by atoms with Crippen LogP contribution in [0.5, 0.6) is 0 Å². The van der Waals surface area contributed by atoms with Gasteiger partial charge in [-0.15, -0.1) is 13.2 Å². The van der Waals surface area contributed by atoms with Gasteiger partial charge in [-0.3, -0.25) is 0 Å². The van der Waals surface area contributed by atoms with Gasteiger partial charge in [0.15, 0.2) is 0 Å². The third kappa shape index (κ3) is 11.2. The van der Waals surface area contributed by atoms with Crippen LogP contribution >= 0.6 is 0 Å². The van der Waals surface area contributed by atoms with Crippen molar-refractivity contribution in [1.29, 1.82) is 0 Å². The topological polar surface area (TPSA) is 0 Å². The highest BCUT2D eigenvalue weighted by Gasteiger charge is 1.94. The molecule has 18 heavy (non-hydrogen) atoms. The lowest BCUT2D eigenvalue weighted by Crippen LogP contribution is -1.85. The molecule has 0 aliphatic rings. The fourth-order valence-electron chi connectivity index (χ4n) is 1.24. The van der Waals surface area contributed by atoms with Gasteiger partial charge < -0.3 is 0 Å². The second-order valence-corrected chi connectivity index (χ2v) is 3.45. The number of aryl methyl sites for hydroxylation is 2. The van der Waals surface area contributed by atoms with Crippen molar-refractivity contribution in [1.82, 2.24) is 0 Å². The Morgan fingerprint density at radius 3 is 1.78 bits per heavy atom. The summed E-state index contributed by atoms with van der Waals surface area (Å²) in [4.78, 5) is 0. The molecule has 1 rings (SSSR count). The molecule has 0 saturated heterocycles. The maximum absolute atomic E-state index is 3.73. The average Bonchev–Trinajstić information content (AvgIpc) is 2.44. The molecule has 104 valence electrons. The largest absolute Gasteiger partial charge is 0.106 e. The molecule has 0 aromatic heterocycles. The molecule has 0 unspecified atom stereocenters. The van der Waals surface area contributed by atoms with Gasteiger partial charge in [0.25, 0.3) is 0 Å². The molecule has 0 fully saturated rings. The van der Waals surface area contributed by atoms with Crippen LogP contribution in [0.25, 0.3) is 6.08 Å². The predicted molar refractivity (Wildman–Crippen MR) is 89.2 cm³/mol. The maximum atomic E-state index is 3.73. The van der Waals surface area contributed by atoms with Crippen molar-refractivity contribution in [3.05, 3.63) is 54.6 Å². The Labute approximate surface area is 115 Å². The van der Waals surface area contributed by atoms with Gasteiger partial charge in [0.1, 0.15) is 0 Å². The molecule has 0 bridgehead atoms. The first-order valence-electron chi connectivity index (χ1n) is 6.91. The lowest BCUT2D eigenvalue weighted by atomic mass is 10.0. The molecule has 1 aromatic rings. The number of benzene rings is 1. The van der Waals surface area contributed by atoms with E-state index < -0.39 is 0 Å². The van der Waals surface area contributed by atoms with E-state index in [1.807, 2.05) is 19.9 Å². The third-order valence-electron chi connectivity index (χ3n) is 1.98. The zero-order valence-corrected chi connectivity index (χ0v) is 13.3. The molecule has 0 nitrogen and oxygen atoms in total. The Balaban J connectivity index is -0.000000274. The quantitative estimate of drug-likeness (QED) is 0.528. The molecule has 0 aliphatic carbocycles. The van der Waals surface area contributed by atoms with Crippen molar-refractivity contribution in [3.63, 3.8) is 0 Å². The Morgan fingerprint density at radius 2 is 1.50 bits per heavy atom. The summed E-state index contributed by atoms with van der Waals surface area (Å²) in [6, 6.07) is 6.46. The highest BCUT2D eigenvalue weighted by atomic mass is 14.0. The number of hydrogen-bond acceptors (Lipinski definition) is 0. The first kappa shape index (κ1) is 21.9. The first-order valence-corrected chi connectivity index (χ1v) is 6.91. The molecule has 0 aliphatic heterocycles. The molecule has 0 amide bonds. The lowest BCUT2D eigenvalue weighted by molar-refractivity contribution is 1.09. The van der Waals surface area contributed by atoms with Crippen molar-refractivity contribution in [2.24, 2.45) is 0 Å². The minimum absolute atomic E-state index is 1.11. The molecule has 0 saturated carbocycles. The minimum atomic E-state index is 1.11. The first-order chi connectivity index (χ1) is 8.69. The zero-order valence-electron chi connectivity index (χ0n) is 13.3. The summed E-state index contributed by atoms with van der Waals surface area (Å²) >= 11 is 0. The number of rotatable bonds is 2. The molecule has 0 radical (unpaired) electrons. The van der Waals surface area contributed by atoms with E-state index in [-0.39, 0.29) is 0 Å². The summed E-state index contributed by atoms with van der Waals surface area (Å²) in [5, 5.41) is 0. The van der Waals surface area contributed by atoms with E-state index in [9.17, 15) is 0 Å². The van der Waals surface area contributed by atoms with E-state index in [0.717, 1.165) is 6.42 Å². The monoisotopic (exact) mass is 248 g/mol. The lowest BCUT2D eigenvalue weighted by Gasteiger charge is -2.02. The fourth-order valence-corrected chi connectivity index (χ4v) is 1.24. The van der Waals surface area contributed by atoms with E-state index in [0.29, 0.717) is 0 Å². The van der Waals surface area contributed by atoms with Crippen molar-refractivity contribution in [2.45, 2.75) is 54.4 Å². The second-order valence-electron chi connectivity index (χ2n) is 3.45. The van der Waals surface area contributed by atoms with Gasteiger partial charge >= 0.3 is 0 Å². The SMILES string of the molecule is C=C.C=Cc1ccc(CC)c(C)c1.CC.CCC. The van der Waals surface area contributed by atoms with Crippen LogP contribution in [0.1, 0.15) is 57.7 Å². The number of hydrogen-bond donors (Lipinski definition) is 0. The van der Waals surface area contributed by atoms with E-state index in [4.69, 9.17) is 0 Å². The second kappa shape index (κ2) is 18.1. The van der Waals surface area contributed by atoms with Crippen LogP contribution in [0.15, 0.2) is 37.9 Å². The highest BCUT2D eigenvalue weighted by molar-refractivity contribution is 5.49. The molecule has 0 heteroatoms. The van der Waals surface area contributed by atoms with Crippen molar-refractivity contribution >= 4 is 6.08 Å². The summed E-state index contributed by atoms with van der Waals surface area (Å²) in [7, 11) is 0. The summed E-state index contributed by atoms with van der Waals surface area (Å²) < 4.78 is 0. The average molecular weight is 248 g/mol. The van der Waals surface area contributed by atoms with Crippen LogP contribution in [0.3, 0.4) is 0 Å². The Hall–Kier alpha value is -1.30. The molecular formula is C18H32. The molecule has 0 spiro atoms. The van der Waals surface area contributed by atoms with Crippen LogP contribution in [0, 0.1) is 6.92 Å². The van der Waals surface area contributed by atoms with Gasteiger partial charge in [0.05, 0.1) is 0 Å². The van der Waals surface area contributed by atoms with Crippen LogP contribution in [0.2, 0.25) is 0 Å². The van der Waals surface area contributed by atoms with Crippen LogP contribution < -0.4 is 0 Å². The molecular weight excluding hydrogens is 216 g/mol. The molecule has 0 heterocycles. The molecule has 1 aromatic carbocycles. The van der Waals surface area contributed by atoms with Gasteiger partial charge in [-0.05, 0) is 30.0 Å². The van der Waals surface area contributed by atoms with Crippen molar-refractivity contribution < 1.29 is 0 Å². The smallest absolute Gasteiger partial charge is 0.0260 e. The van der Waals surface area contributed by atoms with Gasteiger partial charge in [-0.25, -0.2) is 0 Å². The standard InChI is InChI=1S/C11H14.C3H8.C2H6.C2H4/c1-4-10-6-7-11(5-2)9(3)8-10;1-3-2;2*1-2/h4,6-8H,1,5H2,2-3H3;3H2,1-2H3;1-2H3;1-2H2. The van der Waals surface area contributed by atoms with Gasteiger partial charge in [0, 0.05) is 0 Å². The van der Waals surface area contributed by atoms with E-state index in [1.165, 1.54) is 23.1 Å². The van der Waals surface area contributed by atoms with E-state index >= 15 is 0 Å². The van der Waals surface area contributed by atoms with Gasteiger partial charge in [0.2, 0.25) is 0 Å². The Bertz CT molecular complexity index is 284. The molecule has 0 N–H and O–H groups in total. The van der Waals surface area contributed by atoms with Crippen LogP contribution in [-0.4, -0.2) is 0 Å². The van der Waals surface area contributed by atoms with E-state index in [2.05, 4.69) is 65.6 Å².